The van der Waals surface area contributed by atoms with Crippen molar-refractivity contribution in [3.8, 4) is 11.1 Å². The number of thioether (sulfide) groups is 1. The number of hydrogen-bond donors (Lipinski definition) is 0. The molecule has 0 spiro atoms. The number of esters is 1. The van der Waals surface area contributed by atoms with E-state index in [4.69, 9.17) is 28.4 Å². The van der Waals surface area contributed by atoms with Crippen LogP contribution in [0.25, 0.3) is 11.1 Å². The Labute approximate surface area is 282 Å². The first-order valence-electron chi connectivity index (χ1n) is 16.8. The largest absolute Gasteiger partial charge is 0.508 e. The lowest BCUT2D eigenvalue weighted by atomic mass is 9.98. The summed E-state index contributed by atoms with van der Waals surface area (Å²) in [6, 6.07) is 25.1. The van der Waals surface area contributed by atoms with Crippen LogP contribution in [0.1, 0.15) is 73.9 Å². The van der Waals surface area contributed by atoms with Crippen molar-refractivity contribution in [2.75, 3.05) is 32.2 Å². The normalized spacial score (nSPS) is 21.9. The summed E-state index contributed by atoms with van der Waals surface area (Å²) in [7, 11) is 0. The standard InChI is InChI=1S/C38H46O8S/c1-4-7-22-41-25-32-33(42-23-8-5-2)34(35(37(44-32)47-6-3)45-36(39)26-16-10-9-11-17-26)46-38(40)43-24-31-29-20-14-12-18-27(29)28-19-13-15-21-30(28)31/h9-21,31-35,37H,4-8,22-25H2,1-3H3/t32?,33-,34?,35?,37-/m0/s1. The van der Waals surface area contributed by atoms with Crippen molar-refractivity contribution in [3.05, 3.63) is 95.6 Å². The lowest BCUT2D eigenvalue weighted by Gasteiger charge is -2.44. The molecule has 0 saturated carbocycles. The molecule has 47 heavy (non-hydrogen) atoms. The van der Waals surface area contributed by atoms with E-state index >= 15 is 0 Å². The molecule has 0 N–H and O–H groups in total. The van der Waals surface area contributed by atoms with E-state index in [0.717, 1.165) is 47.9 Å². The zero-order chi connectivity index (χ0) is 33.0. The summed E-state index contributed by atoms with van der Waals surface area (Å²) >= 11 is 1.48. The van der Waals surface area contributed by atoms with Crippen LogP contribution in [-0.2, 0) is 28.4 Å². The highest BCUT2D eigenvalue weighted by Gasteiger charge is 2.51. The van der Waals surface area contributed by atoms with Gasteiger partial charge in [0.25, 0.3) is 0 Å². The SMILES string of the molecule is CCCCOCC1O[C@@H](SCC)C(OC(=O)c2ccccc2)C(OC(=O)OCC2c3ccccc3-c3ccccc32)[C@H]1OCCCC. The fraction of sp³-hybridized carbons (Fsp3) is 0.474. The fourth-order valence-electron chi connectivity index (χ4n) is 6.08. The molecular weight excluding hydrogens is 616 g/mol. The van der Waals surface area contributed by atoms with E-state index in [-0.39, 0.29) is 19.1 Å². The third-order valence-electron chi connectivity index (χ3n) is 8.47. The van der Waals surface area contributed by atoms with Gasteiger partial charge in [0.15, 0.2) is 12.2 Å². The summed E-state index contributed by atoms with van der Waals surface area (Å²) in [5.41, 5.74) is 4.25. The number of rotatable bonds is 16. The first-order valence-corrected chi connectivity index (χ1v) is 17.8. The first kappa shape index (κ1) is 35.0. The van der Waals surface area contributed by atoms with Crippen LogP contribution in [0.15, 0.2) is 78.9 Å². The molecule has 0 amide bonds. The van der Waals surface area contributed by atoms with Gasteiger partial charge in [0.05, 0.1) is 12.2 Å². The second-order valence-electron chi connectivity index (χ2n) is 11.7. The number of unbranched alkanes of at least 4 members (excludes halogenated alkanes) is 2. The quantitative estimate of drug-likeness (QED) is 0.112. The lowest BCUT2D eigenvalue weighted by Crippen LogP contribution is -2.61. The summed E-state index contributed by atoms with van der Waals surface area (Å²) in [6.07, 6.45) is -0.451. The highest BCUT2D eigenvalue weighted by Crippen LogP contribution is 2.44. The molecule has 5 atom stereocenters. The van der Waals surface area contributed by atoms with E-state index in [1.54, 1.807) is 24.3 Å². The predicted octanol–water partition coefficient (Wildman–Crippen LogP) is 8.03. The van der Waals surface area contributed by atoms with E-state index in [1.165, 1.54) is 11.8 Å². The zero-order valence-electron chi connectivity index (χ0n) is 27.5. The van der Waals surface area contributed by atoms with E-state index in [1.807, 2.05) is 37.3 Å². The summed E-state index contributed by atoms with van der Waals surface area (Å²) in [6.45, 7) is 7.54. The molecule has 5 rings (SSSR count). The molecule has 1 aliphatic carbocycles. The van der Waals surface area contributed by atoms with Crippen molar-refractivity contribution in [3.63, 3.8) is 0 Å². The fourth-order valence-corrected chi connectivity index (χ4v) is 7.03. The van der Waals surface area contributed by atoms with Crippen LogP contribution in [0.2, 0.25) is 0 Å². The molecular formula is C38H46O8S. The van der Waals surface area contributed by atoms with Crippen LogP contribution < -0.4 is 0 Å². The summed E-state index contributed by atoms with van der Waals surface area (Å²) in [4.78, 5) is 27.0. The number of hydrogen-bond acceptors (Lipinski definition) is 9. The molecule has 3 aromatic rings. The molecule has 1 aliphatic heterocycles. The lowest BCUT2D eigenvalue weighted by molar-refractivity contribution is -0.227. The maximum absolute atomic E-state index is 13.6. The van der Waals surface area contributed by atoms with Gasteiger partial charge in [0, 0.05) is 19.1 Å². The van der Waals surface area contributed by atoms with Gasteiger partial charge >= 0.3 is 12.1 Å². The Morgan fingerprint density at radius 2 is 1.36 bits per heavy atom. The van der Waals surface area contributed by atoms with Crippen LogP contribution in [-0.4, -0.2) is 74.2 Å². The maximum atomic E-state index is 13.6. The molecule has 0 aromatic heterocycles. The minimum atomic E-state index is -0.993. The smallest absolute Gasteiger partial charge is 0.451 e. The number of carbonyl (C=O) groups is 2. The number of ether oxygens (including phenoxy) is 6. The Morgan fingerprint density at radius 1 is 0.723 bits per heavy atom. The Hall–Kier alpha value is -3.37. The topological polar surface area (TPSA) is 89.5 Å². The van der Waals surface area contributed by atoms with Gasteiger partial charge < -0.3 is 28.4 Å². The molecule has 3 aromatic carbocycles. The second-order valence-corrected chi connectivity index (χ2v) is 13.1. The zero-order valence-corrected chi connectivity index (χ0v) is 28.3. The van der Waals surface area contributed by atoms with Crippen molar-refractivity contribution in [2.24, 2.45) is 0 Å². The van der Waals surface area contributed by atoms with E-state index in [9.17, 15) is 9.59 Å². The molecule has 3 unspecified atom stereocenters. The van der Waals surface area contributed by atoms with Crippen LogP contribution in [0.5, 0.6) is 0 Å². The molecule has 1 saturated heterocycles. The minimum absolute atomic E-state index is 0.0998. The Bertz CT molecular complexity index is 1390. The molecule has 1 fully saturated rings. The van der Waals surface area contributed by atoms with Gasteiger partial charge in [-0.3, -0.25) is 0 Å². The molecule has 1 heterocycles. The van der Waals surface area contributed by atoms with E-state index < -0.39 is 42.0 Å². The Morgan fingerprint density at radius 3 is 2.02 bits per heavy atom. The number of carbonyl (C=O) groups excluding carboxylic acids is 2. The van der Waals surface area contributed by atoms with Gasteiger partial charge in [-0.05, 0) is 53.0 Å². The monoisotopic (exact) mass is 662 g/mol. The molecule has 0 bridgehead atoms. The predicted molar refractivity (Wildman–Crippen MR) is 183 cm³/mol. The van der Waals surface area contributed by atoms with Gasteiger partial charge in [-0.2, -0.15) is 0 Å². The summed E-state index contributed by atoms with van der Waals surface area (Å²) in [5, 5.41) is 0. The van der Waals surface area contributed by atoms with Gasteiger partial charge in [-0.25, -0.2) is 9.59 Å². The molecule has 8 nitrogen and oxygen atoms in total. The average Bonchev–Trinajstić information content (AvgIpc) is 3.42. The summed E-state index contributed by atoms with van der Waals surface area (Å²) < 4.78 is 37.0. The van der Waals surface area contributed by atoms with Crippen molar-refractivity contribution in [1.29, 1.82) is 0 Å². The van der Waals surface area contributed by atoms with Gasteiger partial charge in [-0.15, -0.1) is 11.8 Å². The first-order chi connectivity index (χ1) is 23.0. The number of fused-ring (bicyclic) bond motifs is 3. The van der Waals surface area contributed by atoms with Crippen molar-refractivity contribution < 1.29 is 38.0 Å². The van der Waals surface area contributed by atoms with Gasteiger partial charge in [0.2, 0.25) is 0 Å². The molecule has 9 heteroatoms. The molecule has 0 radical (unpaired) electrons. The Balaban J connectivity index is 1.39. The highest BCUT2D eigenvalue weighted by atomic mass is 32.2. The van der Waals surface area contributed by atoms with Crippen LogP contribution in [0, 0.1) is 0 Å². The average molecular weight is 663 g/mol. The van der Waals surface area contributed by atoms with Crippen molar-refractivity contribution in [2.45, 2.75) is 82.2 Å². The van der Waals surface area contributed by atoms with Gasteiger partial charge in [0.1, 0.15) is 24.3 Å². The third-order valence-corrected chi connectivity index (χ3v) is 9.51. The van der Waals surface area contributed by atoms with Crippen molar-refractivity contribution >= 4 is 23.9 Å². The third kappa shape index (κ3) is 8.76. The van der Waals surface area contributed by atoms with E-state index in [2.05, 4.69) is 38.1 Å². The highest BCUT2D eigenvalue weighted by molar-refractivity contribution is 7.99. The van der Waals surface area contributed by atoms with Crippen LogP contribution >= 0.6 is 11.8 Å². The van der Waals surface area contributed by atoms with E-state index in [0.29, 0.717) is 24.5 Å². The second kappa shape index (κ2) is 17.7. The summed E-state index contributed by atoms with van der Waals surface area (Å²) in [5.74, 6) is 0.0231. The van der Waals surface area contributed by atoms with Crippen LogP contribution in [0.3, 0.4) is 0 Å². The molecule has 2 aliphatic rings. The maximum Gasteiger partial charge on any atom is 0.508 e. The molecule has 252 valence electrons. The van der Waals surface area contributed by atoms with Gasteiger partial charge in [-0.1, -0.05) is 100 Å². The number of benzene rings is 3. The van der Waals surface area contributed by atoms with Crippen molar-refractivity contribution in [1.82, 2.24) is 0 Å². The Kier molecular flexibility index (Phi) is 13.2. The van der Waals surface area contributed by atoms with Crippen LogP contribution in [0.4, 0.5) is 4.79 Å². The minimum Gasteiger partial charge on any atom is -0.451 e.